The summed E-state index contributed by atoms with van der Waals surface area (Å²) < 4.78 is 0. The summed E-state index contributed by atoms with van der Waals surface area (Å²) in [5, 5.41) is 0. The van der Waals surface area contributed by atoms with E-state index < -0.39 is 0 Å². The van der Waals surface area contributed by atoms with Gasteiger partial charge in [-0.15, -0.1) is 6.58 Å². The average Bonchev–Trinajstić information content (AvgIpc) is 1.89. The zero-order valence-electron chi connectivity index (χ0n) is 7.56. The van der Waals surface area contributed by atoms with E-state index in [-0.39, 0.29) is 0 Å². The molecule has 0 amide bonds. The molecule has 0 N–H and O–H groups in total. The van der Waals surface area contributed by atoms with E-state index in [2.05, 4.69) is 33.4 Å². The highest BCUT2D eigenvalue weighted by atomic mass is 14.1. The van der Waals surface area contributed by atoms with Crippen LogP contribution in [0, 0.1) is 11.8 Å². The summed E-state index contributed by atoms with van der Waals surface area (Å²) in [5.41, 5.74) is 0. The molecular weight excluding hydrogens is 120 g/mol. The van der Waals surface area contributed by atoms with Crippen molar-refractivity contribution in [1.29, 1.82) is 0 Å². The second kappa shape index (κ2) is 5.52. The van der Waals surface area contributed by atoms with Crippen LogP contribution in [-0.2, 0) is 0 Å². The molecule has 0 aromatic carbocycles. The van der Waals surface area contributed by atoms with Crippen LogP contribution in [0.5, 0.6) is 0 Å². The topological polar surface area (TPSA) is 0 Å². The van der Waals surface area contributed by atoms with Crippen LogP contribution in [0.25, 0.3) is 0 Å². The Hall–Kier alpha value is -0.260. The van der Waals surface area contributed by atoms with E-state index in [4.69, 9.17) is 0 Å². The quantitative estimate of drug-likeness (QED) is 0.511. The van der Waals surface area contributed by atoms with Crippen LogP contribution in [-0.4, -0.2) is 0 Å². The molecule has 1 atom stereocenters. The van der Waals surface area contributed by atoms with Gasteiger partial charge in [-0.1, -0.05) is 39.7 Å². The Morgan fingerprint density at radius 3 is 2.30 bits per heavy atom. The average molecular weight is 140 g/mol. The van der Waals surface area contributed by atoms with Gasteiger partial charge in [0, 0.05) is 0 Å². The van der Waals surface area contributed by atoms with Crippen molar-refractivity contribution in [2.45, 2.75) is 40.0 Å². The van der Waals surface area contributed by atoms with Gasteiger partial charge in [-0.3, -0.25) is 0 Å². The van der Waals surface area contributed by atoms with Crippen LogP contribution in [0.4, 0.5) is 0 Å². The molecular formula is C10H20. The third-order valence-electron chi connectivity index (χ3n) is 2.05. The minimum Gasteiger partial charge on any atom is -0.103 e. The number of allylic oxidation sites excluding steroid dienone is 1. The molecule has 0 nitrogen and oxygen atoms in total. The van der Waals surface area contributed by atoms with Crippen molar-refractivity contribution in [2.75, 3.05) is 0 Å². The third kappa shape index (κ3) is 3.71. The first-order chi connectivity index (χ1) is 4.72. The molecule has 0 heteroatoms. The fourth-order valence-electron chi connectivity index (χ4n) is 1.16. The van der Waals surface area contributed by atoms with Crippen LogP contribution >= 0.6 is 0 Å². The molecule has 1 unspecified atom stereocenters. The molecule has 0 fully saturated rings. The first-order valence-electron chi connectivity index (χ1n) is 4.34. The summed E-state index contributed by atoms with van der Waals surface area (Å²) in [4.78, 5) is 0. The van der Waals surface area contributed by atoms with Crippen LogP contribution in [0.1, 0.15) is 40.0 Å². The molecule has 0 saturated carbocycles. The smallest absolute Gasteiger partial charge is 0.0213 e. The lowest BCUT2D eigenvalue weighted by Crippen LogP contribution is -2.04. The minimum absolute atomic E-state index is 0.736. The maximum atomic E-state index is 3.84. The highest BCUT2D eigenvalue weighted by Gasteiger charge is 2.06. The Kier molecular flexibility index (Phi) is 5.38. The first kappa shape index (κ1) is 9.74. The molecule has 0 aliphatic heterocycles. The van der Waals surface area contributed by atoms with Crippen molar-refractivity contribution in [3.05, 3.63) is 12.7 Å². The van der Waals surface area contributed by atoms with E-state index in [0.717, 1.165) is 11.8 Å². The summed E-state index contributed by atoms with van der Waals surface area (Å²) >= 11 is 0. The molecule has 0 bridgehead atoms. The van der Waals surface area contributed by atoms with Crippen LogP contribution in [0.2, 0.25) is 0 Å². The number of hydrogen-bond donors (Lipinski definition) is 0. The molecule has 0 aliphatic rings. The van der Waals surface area contributed by atoms with Gasteiger partial charge >= 0.3 is 0 Å². The molecule has 0 aliphatic carbocycles. The van der Waals surface area contributed by atoms with E-state index in [1.54, 1.807) is 0 Å². The molecule has 0 heterocycles. The maximum absolute atomic E-state index is 3.84. The summed E-state index contributed by atoms with van der Waals surface area (Å²) in [6.07, 6.45) is 6.06. The van der Waals surface area contributed by atoms with Crippen molar-refractivity contribution in [2.24, 2.45) is 11.8 Å². The van der Waals surface area contributed by atoms with E-state index in [1.807, 2.05) is 0 Å². The van der Waals surface area contributed by atoms with Crippen LogP contribution < -0.4 is 0 Å². The van der Waals surface area contributed by atoms with Gasteiger partial charge in [0.25, 0.3) is 0 Å². The normalized spacial score (nSPS) is 13.6. The second-order valence-corrected chi connectivity index (χ2v) is 3.29. The van der Waals surface area contributed by atoms with Gasteiger partial charge in [0.2, 0.25) is 0 Å². The Bertz CT molecular complexity index is 82.0. The lowest BCUT2D eigenvalue weighted by atomic mass is 9.91. The summed E-state index contributed by atoms with van der Waals surface area (Å²) in [7, 11) is 0. The molecule has 10 heavy (non-hydrogen) atoms. The van der Waals surface area contributed by atoms with Crippen LogP contribution in [0.15, 0.2) is 12.7 Å². The third-order valence-corrected chi connectivity index (χ3v) is 2.05. The summed E-state index contributed by atoms with van der Waals surface area (Å²) in [6.45, 7) is 10.6. The Labute approximate surface area is 65.3 Å². The molecule has 0 aromatic rings. The first-order valence-corrected chi connectivity index (χ1v) is 4.34. The van der Waals surface area contributed by atoms with E-state index in [1.165, 1.54) is 19.3 Å². The van der Waals surface area contributed by atoms with Crippen molar-refractivity contribution in [3.8, 4) is 0 Å². The van der Waals surface area contributed by atoms with Gasteiger partial charge in [0.1, 0.15) is 0 Å². The van der Waals surface area contributed by atoms with Crippen molar-refractivity contribution < 1.29 is 0 Å². The standard InChI is InChI=1S/C10H20/c1-5-7-8-10(6-2)9(3)4/h6,9-10H,2,5,7-8H2,1,3-4H3. The monoisotopic (exact) mass is 140 g/mol. The fourth-order valence-corrected chi connectivity index (χ4v) is 1.16. The van der Waals surface area contributed by atoms with Crippen molar-refractivity contribution in [1.82, 2.24) is 0 Å². The van der Waals surface area contributed by atoms with Crippen LogP contribution in [0.3, 0.4) is 0 Å². The number of hydrogen-bond acceptors (Lipinski definition) is 0. The lowest BCUT2D eigenvalue weighted by Gasteiger charge is -2.15. The maximum Gasteiger partial charge on any atom is -0.0213 e. The summed E-state index contributed by atoms with van der Waals surface area (Å²) in [6, 6.07) is 0. The molecule has 0 aromatic heterocycles. The predicted molar refractivity (Wildman–Crippen MR) is 48.1 cm³/mol. The van der Waals surface area contributed by atoms with Gasteiger partial charge in [-0.25, -0.2) is 0 Å². The van der Waals surface area contributed by atoms with E-state index >= 15 is 0 Å². The molecule has 60 valence electrons. The van der Waals surface area contributed by atoms with Gasteiger partial charge in [-0.2, -0.15) is 0 Å². The number of rotatable bonds is 5. The zero-order valence-corrected chi connectivity index (χ0v) is 7.56. The Balaban J connectivity index is 3.50. The van der Waals surface area contributed by atoms with Crippen molar-refractivity contribution >= 4 is 0 Å². The largest absolute Gasteiger partial charge is 0.103 e. The number of unbranched alkanes of at least 4 members (excludes halogenated alkanes) is 1. The van der Waals surface area contributed by atoms with Crippen molar-refractivity contribution in [3.63, 3.8) is 0 Å². The minimum atomic E-state index is 0.736. The van der Waals surface area contributed by atoms with Gasteiger partial charge < -0.3 is 0 Å². The Morgan fingerprint density at radius 2 is 2.00 bits per heavy atom. The van der Waals surface area contributed by atoms with Gasteiger partial charge in [0.05, 0.1) is 0 Å². The van der Waals surface area contributed by atoms with E-state index in [9.17, 15) is 0 Å². The van der Waals surface area contributed by atoms with Gasteiger partial charge in [0.15, 0.2) is 0 Å². The fraction of sp³-hybridized carbons (Fsp3) is 0.800. The molecule has 0 radical (unpaired) electrons. The lowest BCUT2D eigenvalue weighted by molar-refractivity contribution is 0.423. The SMILES string of the molecule is C=CC(CCCC)C(C)C. The summed E-state index contributed by atoms with van der Waals surface area (Å²) in [5.74, 6) is 1.50. The predicted octanol–water partition coefficient (Wildman–Crippen LogP) is 3.63. The second-order valence-electron chi connectivity index (χ2n) is 3.29. The molecule has 0 saturated heterocycles. The zero-order chi connectivity index (χ0) is 7.98. The van der Waals surface area contributed by atoms with E-state index in [0.29, 0.717) is 0 Å². The Morgan fingerprint density at radius 1 is 1.40 bits per heavy atom. The highest BCUT2D eigenvalue weighted by Crippen LogP contribution is 2.18. The van der Waals surface area contributed by atoms with Gasteiger partial charge in [-0.05, 0) is 18.3 Å². The highest BCUT2D eigenvalue weighted by molar-refractivity contribution is 4.80. The molecule has 0 spiro atoms. The molecule has 0 rings (SSSR count).